The van der Waals surface area contributed by atoms with E-state index in [9.17, 15) is 4.39 Å². The Balaban J connectivity index is 1.70. The Hall–Kier alpha value is -1.61. The molecule has 1 unspecified atom stereocenters. The molecule has 1 aliphatic carbocycles. The van der Waals surface area contributed by atoms with Gasteiger partial charge >= 0.3 is 0 Å². The van der Waals surface area contributed by atoms with Gasteiger partial charge < -0.3 is 9.73 Å². The summed E-state index contributed by atoms with van der Waals surface area (Å²) >= 11 is 0. The summed E-state index contributed by atoms with van der Waals surface area (Å²) in [5.41, 5.74) is 2.31. The molecular formula is C15H16FNO. The van der Waals surface area contributed by atoms with Crippen LogP contribution in [0.2, 0.25) is 0 Å². The Bertz CT molecular complexity index is 488. The Morgan fingerprint density at radius 3 is 2.61 bits per heavy atom. The normalized spacial score (nSPS) is 16.7. The van der Waals surface area contributed by atoms with Crippen molar-refractivity contribution in [2.45, 2.75) is 25.4 Å². The highest BCUT2D eigenvalue weighted by molar-refractivity contribution is 5.22. The van der Waals surface area contributed by atoms with E-state index in [-0.39, 0.29) is 5.82 Å². The lowest BCUT2D eigenvalue weighted by atomic mass is 10.0. The first-order valence-corrected chi connectivity index (χ1v) is 6.33. The molecule has 1 N–H and O–H groups in total. The molecule has 94 valence electrons. The van der Waals surface area contributed by atoms with Crippen LogP contribution in [0.1, 0.15) is 30.0 Å². The van der Waals surface area contributed by atoms with Gasteiger partial charge in [-0.2, -0.15) is 0 Å². The zero-order valence-corrected chi connectivity index (χ0v) is 10.1. The zero-order chi connectivity index (χ0) is 12.4. The molecule has 0 saturated heterocycles. The third kappa shape index (κ3) is 2.62. The van der Waals surface area contributed by atoms with Crippen molar-refractivity contribution >= 4 is 0 Å². The molecule has 1 aromatic heterocycles. The molecule has 18 heavy (non-hydrogen) atoms. The van der Waals surface area contributed by atoms with E-state index < -0.39 is 0 Å². The first-order valence-electron chi connectivity index (χ1n) is 6.33. The molecule has 2 aromatic rings. The number of hydrogen-bond donors (Lipinski definition) is 1. The van der Waals surface area contributed by atoms with Crippen molar-refractivity contribution in [2.75, 3.05) is 0 Å². The molecule has 0 aliphatic heterocycles. The fourth-order valence-electron chi connectivity index (χ4n) is 2.28. The number of halogens is 1. The van der Waals surface area contributed by atoms with E-state index in [1.807, 2.05) is 18.2 Å². The van der Waals surface area contributed by atoms with Crippen molar-refractivity contribution in [1.29, 1.82) is 0 Å². The van der Waals surface area contributed by atoms with Gasteiger partial charge in [0.1, 0.15) is 5.82 Å². The molecule has 0 radical (unpaired) electrons. The van der Waals surface area contributed by atoms with Crippen molar-refractivity contribution in [3.05, 3.63) is 59.8 Å². The summed E-state index contributed by atoms with van der Waals surface area (Å²) in [5.74, 6) is 0.505. The minimum atomic E-state index is -0.178. The van der Waals surface area contributed by atoms with E-state index in [2.05, 4.69) is 5.32 Å². The van der Waals surface area contributed by atoms with Gasteiger partial charge in [-0.1, -0.05) is 12.1 Å². The minimum Gasteiger partial charge on any atom is -0.472 e. The number of rotatable bonds is 5. The van der Waals surface area contributed by atoms with Gasteiger partial charge in [-0.15, -0.1) is 0 Å². The molecule has 1 aromatic carbocycles. The molecule has 2 nitrogen and oxygen atoms in total. The molecule has 3 heteroatoms. The lowest BCUT2D eigenvalue weighted by molar-refractivity contribution is 0.476. The van der Waals surface area contributed by atoms with Gasteiger partial charge in [0.25, 0.3) is 0 Å². The number of furan rings is 1. The lowest BCUT2D eigenvalue weighted by Gasteiger charge is -2.18. The van der Waals surface area contributed by atoms with Crippen LogP contribution in [-0.2, 0) is 6.54 Å². The van der Waals surface area contributed by atoms with Gasteiger partial charge in [-0.25, -0.2) is 4.39 Å². The summed E-state index contributed by atoms with van der Waals surface area (Å²) in [5, 5.41) is 3.54. The smallest absolute Gasteiger partial charge is 0.123 e. The van der Waals surface area contributed by atoms with Crippen molar-refractivity contribution < 1.29 is 8.81 Å². The second kappa shape index (κ2) is 4.94. The summed E-state index contributed by atoms with van der Waals surface area (Å²) in [4.78, 5) is 0. The SMILES string of the molecule is Fc1ccc(C(NCc2ccoc2)C2CC2)cc1. The number of nitrogens with one attached hydrogen (secondary N) is 1. The molecule has 1 aliphatic rings. The van der Waals surface area contributed by atoms with E-state index in [0.717, 1.165) is 12.1 Å². The summed E-state index contributed by atoms with van der Waals surface area (Å²) in [7, 11) is 0. The average Bonchev–Trinajstić information content (AvgIpc) is 3.08. The third-order valence-electron chi connectivity index (χ3n) is 3.43. The van der Waals surface area contributed by atoms with Crippen LogP contribution in [0.25, 0.3) is 0 Å². The molecule has 0 bridgehead atoms. The largest absolute Gasteiger partial charge is 0.472 e. The number of benzene rings is 1. The van der Waals surface area contributed by atoms with Gasteiger partial charge in [-0.3, -0.25) is 0 Å². The van der Waals surface area contributed by atoms with E-state index in [1.54, 1.807) is 12.5 Å². The quantitative estimate of drug-likeness (QED) is 0.869. The second-order valence-electron chi connectivity index (χ2n) is 4.88. The van der Waals surface area contributed by atoms with Gasteiger partial charge in [0.05, 0.1) is 12.5 Å². The first-order chi connectivity index (χ1) is 8.83. The highest BCUT2D eigenvalue weighted by Crippen LogP contribution is 2.41. The molecule has 1 fully saturated rings. The van der Waals surface area contributed by atoms with Crippen LogP contribution >= 0.6 is 0 Å². The van der Waals surface area contributed by atoms with Gasteiger partial charge in [0.2, 0.25) is 0 Å². The van der Waals surface area contributed by atoms with Gasteiger partial charge in [0, 0.05) is 18.2 Å². The molecule has 1 saturated carbocycles. The molecule has 3 rings (SSSR count). The summed E-state index contributed by atoms with van der Waals surface area (Å²) < 4.78 is 18.0. The fourth-order valence-corrected chi connectivity index (χ4v) is 2.28. The van der Waals surface area contributed by atoms with Gasteiger partial charge in [-0.05, 0) is 42.5 Å². The maximum Gasteiger partial charge on any atom is 0.123 e. The van der Waals surface area contributed by atoms with Crippen LogP contribution in [-0.4, -0.2) is 0 Å². The second-order valence-corrected chi connectivity index (χ2v) is 4.88. The predicted molar refractivity (Wildman–Crippen MR) is 67.4 cm³/mol. The standard InChI is InChI=1S/C15H16FNO/c16-14-5-3-13(4-6-14)15(12-1-2-12)17-9-11-7-8-18-10-11/h3-8,10,12,15,17H,1-2,9H2. The summed E-state index contributed by atoms with van der Waals surface area (Å²) in [6.07, 6.45) is 5.93. The molecular weight excluding hydrogens is 229 g/mol. The van der Waals surface area contributed by atoms with E-state index in [4.69, 9.17) is 4.42 Å². The van der Waals surface area contributed by atoms with Crippen LogP contribution in [0.15, 0.2) is 47.3 Å². The van der Waals surface area contributed by atoms with E-state index in [1.165, 1.54) is 30.5 Å². The van der Waals surface area contributed by atoms with E-state index >= 15 is 0 Å². The average molecular weight is 245 g/mol. The molecule has 1 atom stereocenters. The highest BCUT2D eigenvalue weighted by atomic mass is 19.1. The third-order valence-corrected chi connectivity index (χ3v) is 3.43. The Morgan fingerprint density at radius 2 is 2.00 bits per heavy atom. The monoisotopic (exact) mass is 245 g/mol. The fraction of sp³-hybridized carbons (Fsp3) is 0.333. The topological polar surface area (TPSA) is 25.2 Å². The summed E-state index contributed by atoms with van der Waals surface area (Å²) in [6, 6.07) is 9.10. The van der Waals surface area contributed by atoms with Crippen LogP contribution in [0.5, 0.6) is 0 Å². The van der Waals surface area contributed by atoms with Crippen molar-refractivity contribution in [3.8, 4) is 0 Å². The Labute approximate surface area is 106 Å². The van der Waals surface area contributed by atoms with Crippen LogP contribution in [0, 0.1) is 11.7 Å². The first kappa shape index (κ1) is 11.5. The lowest BCUT2D eigenvalue weighted by Crippen LogP contribution is -2.22. The van der Waals surface area contributed by atoms with Crippen LogP contribution in [0.3, 0.4) is 0 Å². The van der Waals surface area contributed by atoms with Crippen molar-refractivity contribution in [1.82, 2.24) is 5.32 Å². The maximum absolute atomic E-state index is 12.9. The minimum absolute atomic E-state index is 0.178. The predicted octanol–water partition coefficient (Wildman–Crippen LogP) is 3.66. The van der Waals surface area contributed by atoms with Crippen molar-refractivity contribution in [2.24, 2.45) is 5.92 Å². The maximum atomic E-state index is 12.9. The van der Waals surface area contributed by atoms with E-state index in [0.29, 0.717) is 12.0 Å². The summed E-state index contributed by atoms with van der Waals surface area (Å²) in [6.45, 7) is 0.787. The molecule has 1 heterocycles. The number of hydrogen-bond acceptors (Lipinski definition) is 2. The van der Waals surface area contributed by atoms with Gasteiger partial charge in [0.15, 0.2) is 0 Å². The van der Waals surface area contributed by atoms with Crippen LogP contribution in [0.4, 0.5) is 4.39 Å². The highest BCUT2D eigenvalue weighted by Gasteiger charge is 2.31. The Kier molecular flexibility index (Phi) is 3.15. The van der Waals surface area contributed by atoms with Crippen molar-refractivity contribution in [3.63, 3.8) is 0 Å². The molecule has 0 spiro atoms. The Morgan fingerprint density at radius 1 is 1.22 bits per heavy atom. The zero-order valence-electron chi connectivity index (χ0n) is 10.1. The molecule has 0 amide bonds. The van der Waals surface area contributed by atoms with Crippen LogP contribution < -0.4 is 5.32 Å².